The summed E-state index contributed by atoms with van der Waals surface area (Å²) in [6.45, 7) is 2.99. The normalized spacial score (nSPS) is 10.7. The van der Waals surface area contributed by atoms with E-state index in [1.54, 1.807) is 0 Å². The van der Waals surface area contributed by atoms with Crippen molar-refractivity contribution >= 4 is 0 Å². The van der Waals surface area contributed by atoms with E-state index in [1.165, 1.54) is 30.4 Å². The molecule has 2 heteroatoms. The maximum atomic E-state index is 5.49. The van der Waals surface area contributed by atoms with Crippen LogP contribution in [0.3, 0.4) is 0 Å². The smallest absolute Gasteiger partial charge is 0.0937 e. The van der Waals surface area contributed by atoms with E-state index in [1.807, 2.05) is 12.5 Å². The Bertz CT molecular complexity index is 242. The lowest BCUT2D eigenvalue weighted by Gasteiger charge is -2.01. The van der Waals surface area contributed by atoms with E-state index in [-0.39, 0.29) is 0 Å². The topological polar surface area (TPSA) is 39.2 Å². The molecule has 0 unspecified atom stereocenters. The lowest BCUT2D eigenvalue weighted by atomic mass is 10.0. The lowest BCUT2D eigenvalue weighted by Crippen LogP contribution is -2.01. The molecule has 0 saturated carbocycles. The van der Waals surface area contributed by atoms with E-state index in [2.05, 4.69) is 6.92 Å². The van der Waals surface area contributed by atoms with Gasteiger partial charge in [0.2, 0.25) is 0 Å². The van der Waals surface area contributed by atoms with Crippen molar-refractivity contribution in [2.45, 2.75) is 45.4 Å². The lowest BCUT2D eigenvalue weighted by molar-refractivity contribution is 0.559. The predicted molar refractivity (Wildman–Crippen MR) is 59.3 cm³/mol. The van der Waals surface area contributed by atoms with E-state index < -0.39 is 0 Å². The Labute approximate surface area is 86.5 Å². The van der Waals surface area contributed by atoms with Crippen LogP contribution in [0.1, 0.15) is 43.7 Å². The molecule has 0 amide bonds. The molecule has 1 rings (SSSR count). The summed E-state index contributed by atoms with van der Waals surface area (Å²) >= 11 is 0. The van der Waals surface area contributed by atoms with Gasteiger partial charge in [-0.25, -0.2) is 0 Å². The number of aryl methyl sites for hydroxylation is 2. The number of furan rings is 1. The van der Waals surface area contributed by atoms with Crippen molar-refractivity contribution in [2.75, 3.05) is 6.54 Å². The number of nitrogens with two attached hydrogens (primary N) is 1. The number of hydrogen-bond donors (Lipinski definition) is 1. The van der Waals surface area contributed by atoms with Crippen LogP contribution in [0.25, 0.3) is 0 Å². The number of hydrogen-bond acceptors (Lipinski definition) is 2. The molecular weight excluding hydrogens is 174 g/mol. The Morgan fingerprint density at radius 2 is 1.71 bits per heavy atom. The van der Waals surface area contributed by atoms with Gasteiger partial charge >= 0.3 is 0 Å². The number of rotatable bonds is 7. The van der Waals surface area contributed by atoms with Crippen LogP contribution < -0.4 is 5.73 Å². The largest absolute Gasteiger partial charge is 0.472 e. The molecule has 14 heavy (non-hydrogen) atoms. The summed E-state index contributed by atoms with van der Waals surface area (Å²) in [5.41, 5.74) is 8.22. The molecule has 0 radical (unpaired) electrons. The Morgan fingerprint density at radius 1 is 1.07 bits per heavy atom. The zero-order chi connectivity index (χ0) is 10.2. The molecule has 1 heterocycles. The van der Waals surface area contributed by atoms with Crippen LogP contribution in [0.2, 0.25) is 0 Å². The van der Waals surface area contributed by atoms with Crippen molar-refractivity contribution in [3.8, 4) is 0 Å². The highest BCUT2D eigenvalue weighted by molar-refractivity contribution is 5.21. The molecule has 0 bridgehead atoms. The molecule has 0 aliphatic carbocycles. The van der Waals surface area contributed by atoms with Gasteiger partial charge < -0.3 is 10.2 Å². The summed E-state index contributed by atoms with van der Waals surface area (Å²) in [6.07, 6.45) is 10.9. The minimum atomic E-state index is 0.763. The van der Waals surface area contributed by atoms with E-state index in [4.69, 9.17) is 10.2 Å². The average Bonchev–Trinajstić information content (AvgIpc) is 2.63. The quantitative estimate of drug-likeness (QED) is 0.679. The number of unbranched alkanes of at least 4 members (excludes halogenated alkanes) is 2. The van der Waals surface area contributed by atoms with Gasteiger partial charge in [-0.15, -0.1) is 0 Å². The van der Waals surface area contributed by atoms with Gasteiger partial charge in [-0.3, -0.25) is 0 Å². The van der Waals surface area contributed by atoms with Crippen LogP contribution in [-0.4, -0.2) is 6.54 Å². The van der Waals surface area contributed by atoms with Crippen LogP contribution in [0, 0.1) is 0 Å². The molecule has 0 spiro atoms. The summed E-state index contributed by atoms with van der Waals surface area (Å²) < 4.78 is 5.23. The van der Waals surface area contributed by atoms with E-state index >= 15 is 0 Å². The third-order valence-electron chi connectivity index (χ3n) is 2.53. The Kier molecular flexibility index (Phi) is 5.38. The molecule has 0 aliphatic rings. The van der Waals surface area contributed by atoms with Crippen molar-refractivity contribution in [1.29, 1.82) is 0 Å². The first-order chi connectivity index (χ1) is 6.88. The molecule has 80 valence electrons. The van der Waals surface area contributed by atoms with Crippen molar-refractivity contribution < 1.29 is 4.42 Å². The van der Waals surface area contributed by atoms with Crippen LogP contribution in [0.4, 0.5) is 0 Å². The van der Waals surface area contributed by atoms with Crippen LogP contribution in [0.5, 0.6) is 0 Å². The minimum Gasteiger partial charge on any atom is -0.472 e. The van der Waals surface area contributed by atoms with Crippen molar-refractivity contribution in [1.82, 2.24) is 0 Å². The van der Waals surface area contributed by atoms with E-state index in [9.17, 15) is 0 Å². The molecule has 2 nitrogen and oxygen atoms in total. The maximum absolute atomic E-state index is 5.49. The highest BCUT2D eigenvalue weighted by atomic mass is 16.3. The van der Waals surface area contributed by atoms with E-state index in [0.29, 0.717) is 0 Å². The first-order valence-electron chi connectivity index (χ1n) is 5.62. The summed E-state index contributed by atoms with van der Waals surface area (Å²) in [5, 5.41) is 0. The third kappa shape index (κ3) is 3.54. The molecule has 0 aromatic carbocycles. The Balaban J connectivity index is 2.37. The fourth-order valence-electron chi connectivity index (χ4n) is 1.65. The molecule has 0 fully saturated rings. The Hall–Kier alpha value is -0.760. The summed E-state index contributed by atoms with van der Waals surface area (Å²) in [4.78, 5) is 0. The first kappa shape index (κ1) is 11.3. The van der Waals surface area contributed by atoms with E-state index in [0.717, 1.165) is 25.8 Å². The Morgan fingerprint density at radius 3 is 2.29 bits per heavy atom. The molecule has 2 N–H and O–H groups in total. The summed E-state index contributed by atoms with van der Waals surface area (Å²) in [5.74, 6) is 0. The van der Waals surface area contributed by atoms with Gasteiger partial charge in [0, 0.05) is 0 Å². The second kappa shape index (κ2) is 6.66. The fourth-order valence-corrected chi connectivity index (χ4v) is 1.65. The molecule has 0 aliphatic heterocycles. The molecule has 0 atom stereocenters. The monoisotopic (exact) mass is 195 g/mol. The minimum absolute atomic E-state index is 0.763. The SMILES string of the molecule is CCCCCc1cocc1CCCN. The standard InChI is InChI=1S/C12H21NO/c1-2-3-4-6-11-9-14-10-12(11)7-5-8-13/h9-10H,2-8,13H2,1H3. The average molecular weight is 195 g/mol. The van der Waals surface area contributed by atoms with Gasteiger partial charge in [0.1, 0.15) is 0 Å². The van der Waals surface area contributed by atoms with Crippen LogP contribution in [-0.2, 0) is 12.8 Å². The predicted octanol–water partition coefficient (Wildman–Crippen LogP) is 2.90. The first-order valence-corrected chi connectivity index (χ1v) is 5.62. The van der Waals surface area contributed by atoms with Gasteiger partial charge in [0.25, 0.3) is 0 Å². The second-order valence-electron chi connectivity index (χ2n) is 3.77. The van der Waals surface area contributed by atoms with Crippen molar-refractivity contribution in [3.05, 3.63) is 23.7 Å². The highest BCUT2D eigenvalue weighted by Gasteiger charge is 2.04. The van der Waals surface area contributed by atoms with Gasteiger partial charge in [0.05, 0.1) is 12.5 Å². The molecule has 1 aromatic heterocycles. The van der Waals surface area contributed by atoms with Crippen LogP contribution in [0.15, 0.2) is 16.9 Å². The molecule has 0 saturated heterocycles. The third-order valence-corrected chi connectivity index (χ3v) is 2.53. The van der Waals surface area contributed by atoms with Crippen molar-refractivity contribution in [3.63, 3.8) is 0 Å². The molecular formula is C12H21NO. The van der Waals surface area contributed by atoms with Crippen molar-refractivity contribution in [2.24, 2.45) is 5.73 Å². The van der Waals surface area contributed by atoms with Crippen LogP contribution >= 0.6 is 0 Å². The summed E-state index contributed by atoms with van der Waals surface area (Å²) in [7, 11) is 0. The van der Waals surface area contributed by atoms with Gasteiger partial charge in [0.15, 0.2) is 0 Å². The highest BCUT2D eigenvalue weighted by Crippen LogP contribution is 2.15. The molecule has 1 aromatic rings. The van der Waals surface area contributed by atoms with Gasteiger partial charge in [-0.2, -0.15) is 0 Å². The van der Waals surface area contributed by atoms with Gasteiger partial charge in [-0.05, 0) is 43.4 Å². The fraction of sp³-hybridized carbons (Fsp3) is 0.667. The zero-order valence-electron chi connectivity index (χ0n) is 9.09. The second-order valence-corrected chi connectivity index (χ2v) is 3.77. The summed E-state index contributed by atoms with van der Waals surface area (Å²) in [6, 6.07) is 0. The van der Waals surface area contributed by atoms with Gasteiger partial charge in [-0.1, -0.05) is 19.8 Å². The maximum Gasteiger partial charge on any atom is 0.0937 e. The zero-order valence-corrected chi connectivity index (χ0v) is 9.09.